The summed E-state index contributed by atoms with van der Waals surface area (Å²) in [6, 6.07) is 15.0. The average molecular weight is 376 g/mol. The minimum absolute atomic E-state index is 0.0782. The van der Waals surface area contributed by atoms with E-state index >= 15 is 0 Å². The molecule has 1 atom stereocenters. The Hall–Kier alpha value is -1.68. The molecule has 122 valence electrons. The number of carbonyl (C=O) groups excluding carboxylic acids is 1. The third kappa shape index (κ3) is 3.86. The van der Waals surface area contributed by atoms with Crippen LogP contribution in [-0.2, 0) is 4.79 Å². The highest BCUT2D eigenvalue weighted by Gasteiger charge is 2.32. The number of ketones is 1. The molecular formula is C19H15Cl2NOS. The van der Waals surface area contributed by atoms with Crippen LogP contribution in [-0.4, -0.2) is 10.8 Å². The Morgan fingerprint density at radius 3 is 2.58 bits per heavy atom. The van der Waals surface area contributed by atoms with Crippen LogP contribution in [0.25, 0.3) is 6.08 Å². The van der Waals surface area contributed by atoms with E-state index in [-0.39, 0.29) is 11.7 Å². The number of benzene rings is 2. The summed E-state index contributed by atoms with van der Waals surface area (Å²) >= 11 is 17.4. The number of rotatable bonds is 3. The SMILES string of the molecule is O=C1C(=Cc2ccc(Cl)c(Cl)c2)CCC1C(=S)Nc1ccccc1. The van der Waals surface area contributed by atoms with Gasteiger partial charge in [-0.2, -0.15) is 0 Å². The van der Waals surface area contributed by atoms with Crippen LogP contribution in [0.5, 0.6) is 0 Å². The second-order valence-electron chi connectivity index (χ2n) is 5.65. The van der Waals surface area contributed by atoms with Gasteiger partial charge in [-0.15, -0.1) is 0 Å². The zero-order valence-electron chi connectivity index (χ0n) is 12.8. The summed E-state index contributed by atoms with van der Waals surface area (Å²) in [6.45, 7) is 0. The molecule has 0 amide bonds. The monoisotopic (exact) mass is 375 g/mol. The van der Waals surface area contributed by atoms with Gasteiger partial charge < -0.3 is 5.32 Å². The molecule has 0 spiro atoms. The van der Waals surface area contributed by atoms with Crippen molar-refractivity contribution >= 4 is 58.0 Å². The Bertz CT molecular complexity index is 817. The quantitative estimate of drug-likeness (QED) is 0.543. The van der Waals surface area contributed by atoms with Gasteiger partial charge in [-0.25, -0.2) is 0 Å². The summed E-state index contributed by atoms with van der Waals surface area (Å²) in [6.07, 6.45) is 3.31. The maximum atomic E-state index is 12.6. The maximum Gasteiger partial charge on any atom is 0.168 e. The van der Waals surface area contributed by atoms with Crippen LogP contribution in [0.15, 0.2) is 54.1 Å². The van der Waals surface area contributed by atoms with Crippen LogP contribution in [0.3, 0.4) is 0 Å². The van der Waals surface area contributed by atoms with Gasteiger partial charge in [-0.3, -0.25) is 4.79 Å². The lowest BCUT2D eigenvalue weighted by atomic mass is 10.0. The van der Waals surface area contributed by atoms with Crippen molar-refractivity contribution in [1.82, 2.24) is 0 Å². The molecule has 1 aliphatic carbocycles. The number of allylic oxidation sites excluding steroid dienone is 1. The first-order valence-electron chi connectivity index (χ1n) is 7.60. The van der Waals surface area contributed by atoms with E-state index in [0.29, 0.717) is 21.5 Å². The molecule has 0 aliphatic heterocycles. The zero-order valence-corrected chi connectivity index (χ0v) is 15.1. The van der Waals surface area contributed by atoms with Crippen LogP contribution >= 0.6 is 35.4 Å². The fourth-order valence-electron chi connectivity index (χ4n) is 2.73. The molecule has 24 heavy (non-hydrogen) atoms. The molecule has 1 aliphatic rings. The standard InChI is InChI=1S/C19H15Cl2NOS/c20-16-9-6-12(11-17(16)21)10-13-7-8-15(18(13)23)19(24)22-14-4-2-1-3-5-14/h1-6,9-11,15H,7-8H2,(H,22,24). The van der Waals surface area contributed by atoms with Crippen molar-refractivity contribution in [3.8, 4) is 0 Å². The number of carbonyl (C=O) groups is 1. The van der Waals surface area contributed by atoms with Crippen LogP contribution in [0.1, 0.15) is 18.4 Å². The van der Waals surface area contributed by atoms with Crippen LogP contribution in [0, 0.1) is 5.92 Å². The molecule has 0 bridgehead atoms. The number of anilines is 1. The van der Waals surface area contributed by atoms with Gasteiger partial charge in [0.2, 0.25) is 0 Å². The van der Waals surface area contributed by atoms with Crippen molar-refractivity contribution in [2.75, 3.05) is 5.32 Å². The number of para-hydroxylation sites is 1. The smallest absolute Gasteiger partial charge is 0.168 e. The van der Waals surface area contributed by atoms with Crippen molar-refractivity contribution < 1.29 is 4.79 Å². The molecule has 0 radical (unpaired) electrons. The molecule has 0 heterocycles. The Morgan fingerprint density at radius 1 is 1.12 bits per heavy atom. The zero-order chi connectivity index (χ0) is 17.1. The van der Waals surface area contributed by atoms with Crippen LogP contribution in [0.4, 0.5) is 5.69 Å². The van der Waals surface area contributed by atoms with Crippen molar-refractivity contribution in [3.05, 3.63) is 69.7 Å². The van der Waals surface area contributed by atoms with Gasteiger partial charge in [-0.05, 0) is 54.3 Å². The molecule has 5 heteroatoms. The topological polar surface area (TPSA) is 29.1 Å². The molecule has 2 aromatic rings. The molecule has 0 saturated heterocycles. The minimum atomic E-state index is -0.269. The molecule has 2 nitrogen and oxygen atoms in total. The molecule has 0 aromatic heterocycles. The van der Waals surface area contributed by atoms with E-state index in [1.54, 1.807) is 12.1 Å². The lowest BCUT2D eigenvalue weighted by Gasteiger charge is -2.12. The molecular weight excluding hydrogens is 361 g/mol. The third-order valence-electron chi connectivity index (χ3n) is 3.98. The number of hydrogen-bond acceptors (Lipinski definition) is 2. The first kappa shape index (κ1) is 17.2. The molecule has 1 N–H and O–H groups in total. The fraction of sp³-hybridized carbons (Fsp3) is 0.158. The van der Waals surface area contributed by atoms with Gasteiger partial charge in [0.25, 0.3) is 0 Å². The number of halogens is 2. The van der Waals surface area contributed by atoms with E-state index in [4.69, 9.17) is 35.4 Å². The highest BCUT2D eigenvalue weighted by Crippen LogP contribution is 2.31. The predicted octanol–water partition coefficient (Wildman–Crippen LogP) is 5.80. The first-order valence-corrected chi connectivity index (χ1v) is 8.77. The normalized spacial score (nSPS) is 18.8. The van der Waals surface area contributed by atoms with E-state index in [1.807, 2.05) is 42.5 Å². The summed E-state index contributed by atoms with van der Waals surface area (Å²) in [5, 5.41) is 4.14. The lowest BCUT2D eigenvalue weighted by Crippen LogP contribution is -2.24. The number of Topliss-reactive ketones (excluding diaryl/α,β-unsaturated/α-hetero) is 1. The van der Waals surface area contributed by atoms with E-state index in [0.717, 1.165) is 23.2 Å². The highest BCUT2D eigenvalue weighted by molar-refractivity contribution is 7.80. The van der Waals surface area contributed by atoms with Gasteiger partial charge in [0.15, 0.2) is 5.78 Å². The van der Waals surface area contributed by atoms with Gasteiger partial charge in [-0.1, -0.05) is 59.7 Å². The molecule has 1 unspecified atom stereocenters. The van der Waals surface area contributed by atoms with E-state index < -0.39 is 0 Å². The Balaban J connectivity index is 1.73. The summed E-state index contributed by atoms with van der Waals surface area (Å²) in [7, 11) is 0. The Labute approximate surface area is 156 Å². The van der Waals surface area contributed by atoms with Crippen molar-refractivity contribution in [1.29, 1.82) is 0 Å². The van der Waals surface area contributed by atoms with Gasteiger partial charge in [0.1, 0.15) is 0 Å². The second-order valence-corrected chi connectivity index (χ2v) is 6.91. The summed E-state index contributed by atoms with van der Waals surface area (Å²) in [5.41, 5.74) is 2.54. The molecule has 1 fully saturated rings. The predicted molar refractivity (Wildman–Crippen MR) is 105 cm³/mol. The Morgan fingerprint density at radius 2 is 1.88 bits per heavy atom. The second kappa shape index (κ2) is 7.47. The van der Waals surface area contributed by atoms with E-state index in [1.165, 1.54) is 0 Å². The van der Waals surface area contributed by atoms with Crippen LogP contribution < -0.4 is 5.32 Å². The summed E-state index contributed by atoms with van der Waals surface area (Å²) in [5.74, 6) is -0.191. The summed E-state index contributed by atoms with van der Waals surface area (Å²) < 4.78 is 0. The molecule has 1 saturated carbocycles. The van der Waals surface area contributed by atoms with Gasteiger partial charge >= 0.3 is 0 Å². The molecule has 2 aromatic carbocycles. The average Bonchev–Trinajstić information content (AvgIpc) is 2.93. The summed E-state index contributed by atoms with van der Waals surface area (Å²) in [4.78, 5) is 13.2. The van der Waals surface area contributed by atoms with Crippen molar-refractivity contribution in [3.63, 3.8) is 0 Å². The third-order valence-corrected chi connectivity index (χ3v) is 5.10. The highest BCUT2D eigenvalue weighted by atomic mass is 35.5. The molecule has 3 rings (SSSR count). The lowest BCUT2D eigenvalue weighted by molar-refractivity contribution is -0.116. The first-order chi connectivity index (χ1) is 11.5. The van der Waals surface area contributed by atoms with E-state index in [9.17, 15) is 4.79 Å². The van der Waals surface area contributed by atoms with Gasteiger partial charge in [0.05, 0.1) is 21.0 Å². The van der Waals surface area contributed by atoms with Crippen molar-refractivity contribution in [2.45, 2.75) is 12.8 Å². The number of thiocarbonyl (C=S) groups is 1. The van der Waals surface area contributed by atoms with E-state index in [2.05, 4.69) is 5.32 Å². The number of hydrogen-bond donors (Lipinski definition) is 1. The van der Waals surface area contributed by atoms with Gasteiger partial charge in [0, 0.05) is 5.69 Å². The maximum absolute atomic E-state index is 12.6. The largest absolute Gasteiger partial charge is 0.349 e. The Kier molecular flexibility index (Phi) is 5.34. The fourth-order valence-corrected chi connectivity index (χ4v) is 3.37. The van der Waals surface area contributed by atoms with Crippen molar-refractivity contribution in [2.24, 2.45) is 5.92 Å². The number of nitrogens with one attached hydrogen (secondary N) is 1. The van der Waals surface area contributed by atoms with Crippen LogP contribution in [0.2, 0.25) is 10.0 Å². The minimum Gasteiger partial charge on any atom is -0.349 e.